The Balaban J connectivity index is 0.000000720. The monoisotopic (exact) mass is 215 g/mol. The van der Waals surface area contributed by atoms with Gasteiger partial charge in [-0.15, -0.1) is 12.4 Å². The van der Waals surface area contributed by atoms with Crippen LogP contribution >= 0.6 is 12.4 Å². The molecule has 0 aromatic rings. The Morgan fingerprint density at radius 1 is 1.00 bits per heavy atom. The van der Waals surface area contributed by atoms with Gasteiger partial charge in [0.25, 0.3) is 0 Å². The van der Waals surface area contributed by atoms with Crippen LogP contribution in [0.25, 0.3) is 0 Å². The van der Waals surface area contributed by atoms with E-state index < -0.39 is 0 Å². The molecule has 0 N–H and O–H groups in total. The number of hydrogen-bond donors (Lipinski definition) is 0. The number of hydrogen-bond acceptors (Lipinski definition) is 0. The molecule has 0 nitrogen and oxygen atoms in total. The van der Waals surface area contributed by atoms with E-state index in [9.17, 15) is 0 Å². The van der Waals surface area contributed by atoms with Crippen LogP contribution < -0.4 is 0 Å². The van der Waals surface area contributed by atoms with Crippen LogP contribution in [0.15, 0.2) is 44.2 Å². The largest absolute Gasteiger partial charge is 1.00 e. The average molecular weight is 216 g/mol. The zero-order valence-corrected chi connectivity index (χ0v) is 9.16. The summed E-state index contributed by atoms with van der Waals surface area (Å²) < 4.78 is 3.36. The molecule has 0 fully saturated rings. The summed E-state index contributed by atoms with van der Waals surface area (Å²) in [5.41, 5.74) is 0. The molecule has 2 heteroatoms. The molecular formula is C10H12ClTi-. The molecule has 0 radical (unpaired) electrons. The molecular weight excluding hydrogens is 203 g/mol. The van der Waals surface area contributed by atoms with Gasteiger partial charge in [-0.05, 0) is 0 Å². The summed E-state index contributed by atoms with van der Waals surface area (Å²) in [5.74, 6) is 0. The van der Waals surface area contributed by atoms with Crippen molar-refractivity contribution in [1.29, 1.82) is 0 Å². The van der Waals surface area contributed by atoms with Crippen molar-refractivity contribution >= 4 is 12.4 Å². The van der Waals surface area contributed by atoms with E-state index >= 15 is 0 Å². The maximum atomic E-state index is 2.29. The molecule has 2 aliphatic rings. The second-order valence-electron chi connectivity index (χ2n) is 2.77. The van der Waals surface area contributed by atoms with Gasteiger partial charge in [0, 0.05) is 0 Å². The van der Waals surface area contributed by atoms with E-state index in [1.165, 1.54) is 12.8 Å². The van der Waals surface area contributed by atoms with E-state index in [-0.39, 0.29) is 33.0 Å². The molecule has 0 saturated carbocycles. The van der Waals surface area contributed by atoms with Crippen molar-refractivity contribution in [3.8, 4) is 0 Å². The van der Waals surface area contributed by atoms with Gasteiger partial charge in [0.05, 0.1) is 0 Å². The minimum atomic E-state index is 0. The molecule has 0 aromatic carbocycles. The van der Waals surface area contributed by atoms with Crippen LogP contribution in [0.4, 0.5) is 0 Å². The van der Waals surface area contributed by atoms with Gasteiger partial charge >= 0.3 is 76.2 Å². The molecule has 0 saturated heterocycles. The number of halogens is 1. The molecule has 2 aliphatic carbocycles. The molecule has 12 heavy (non-hydrogen) atoms. The predicted molar refractivity (Wildman–Crippen MR) is 52.0 cm³/mol. The van der Waals surface area contributed by atoms with Gasteiger partial charge < -0.3 is 1.43 Å². The van der Waals surface area contributed by atoms with Gasteiger partial charge in [-0.25, -0.2) is 0 Å². The first-order chi connectivity index (χ1) is 5.45. The SMILES string of the molecule is C1=CC[C]([Ti][C]2=CC=CC2)=C1.Cl.[H-]. The molecule has 0 spiro atoms. The molecule has 0 aromatic heterocycles. The molecule has 0 amide bonds. The second-order valence-corrected chi connectivity index (χ2v) is 5.17. The van der Waals surface area contributed by atoms with Crippen molar-refractivity contribution < 1.29 is 20.6 Å². The summed E-state index contributed by atoms with van der Waals surface area (Å²) >= 11 is 0.0833. The third-order valence-electron chi connectivity index (χ3n) is 1.86. The second kappa shape index (κ2) is 4.86. The minimum Gasteiger partial charge on any atom is -1.00 e. The molecule has 0 unspecified atom stereocenters. The van der Waals surface area contributed by atoms with Crippen LogP contribution in [-0.2, 0) is 19.2 Å². The van der Waals surface area contributed by atoms with Gasteiger partial charge in [-0.2, -0.15) is 0 Å². The van der Waals surface area contributed by atoms with Crippen LogP contribution in [0.5, 0.6) is 0 Å². The van der Waals surface area contributed by atoms with Crippen LogP contribution in [0.1, 0.15) is 14.3 Å². The van der Waals surface area contributed by atoms with Gasteiger partial charge in [-0.3, -0.25) is 0 Å². The van der Waals surface area contributed by atoms with Crippen molar-refractivity contribution in [1.82, 2.24) is 0 Å². The fraction of sp³-hybridized carbons (Fsp3) is 0.200. The van der Waals surface area contributed by atoms with Crippen molar-refractivity contribution in [2.24, 2.45) is 0 Å². The van der Waals surface area contributed by atoms with Crippen LogP contribution in [0.2, 0.25) is 0 Å². The molecule has 0 bridgehead atoms. The summed E-state index contributed by atoms with van der Waals surface area (Å²) in [6, 6.07) is 0. The van der Waals surface area contributed by atoms with Crippen LogP contribution in [0, 0.1) is 0 Å². The Labute approximate surface area is 89.9 Å². The minimum absolute atomic E-state index is 0. The summed E-state index contributed by atoms with van der Waals surface area (Å²) in [6.07, 6.45) is 15.9. The zero-order chi connectivity index (χ0) is 7.52. The predicted octanol–water partition coefficient (Wildman–Crippen LogP) is 3.29. The van der Waals surface area contributed by atoms with Crippen molar-refractivity contribution in [3.05, 3.63) is 44.2 Å². The third-order valence-corrected chi connectivity index (χ3v) is 4.02. The van der Waals surface area contributed by atoms with Crippen LogP contribution in [-0.4, -0.2) is 0 Å². The van der Waals surface area contributed by atoms with Gasteiger partial charge in [0.2, 0.25) is 0 Å². The van der Waals surface area contributed by atoms with Gasteiger partial charge in [0.1, 0.15) is 0 Å². The summed E-state index contributed by atoms with van der Waals surface area (Å²) in [6.45, 7) is 0. The van der Waals surface area contributed by atoms with E-state index in [0.29, 0.717) is 0 Å². The van der Waals surface area contributed by atoms with Gasteiger partial charge in [-0.1, -0.05) is 0 Å². The quantitative estimate of drug-likeness (QED) is 0.620. The first-order valence-corrected chi connectivity index (χ1v) is 5.50. The standard InChI is InChI=1S/2C5H5.ClH.Ti.H/c2*1-2-4-5-3-1;;;/h2*1-3H,4H2;1H;;/q;;;;-1. The van der Waals surface area contributed by atoms with Crippen LogP contribution in [0.3, 0.4) is 0 Å². The molecule has 2 rings (SSSR count). The number of allylic oxidation sites excluding steroid dienone is 8. The van der Waals surface area contributed by atoms with Gasteiger partial charge in [0.15, 0.2) is 0 Å². The average Bonchev–Trinajstić information content (AvgIpc) is 2.60. The Morgan fingerprint density at radius 3 is 1.83 bits per heavy atom. The van der Waals surface area contributed by atoms with Crippen molar-refractivity contribution in [2.75, 3.05) is 0 Å². The van der Waals surface area contributed by atoms with Crippen molar-refractivity contribution in [2.45, 2.75) is 12.8 Å². The van der Waals surface area contributed by atoms with E-state index in [4.69, 9.17) is 0 Å². The molecule has 0 atom stereocenters. The van der Waals surface area contributed by atoms with E-state index in [2.05, 4.69) is 36.5 Å². The normalized spacial score (nSPS) is 18.7. The zero-order valence-electron chi connectivity index (χ0n) is 7.79. The Bertz CT molecular complexity index is 249. The summed E-state index contributed by atoms with van der Waals surface area (Å²) in [5, 5.41) is 0. The first kappa shape index (κ1) is 10.0. The maximum Gasteiger partial charge on any atom is -0.147 e. The number of rotatable bonds is 2. The molecule has 0 heterocycles. The topological polar surface area (TPSA) is 0 Å². The third kappa shape index (κ3) is 2.48. The fourth-order valence-corrected chi connectivity index (χ4v) is 3.18. The van der Waals surface area contributed by atoms with E-state index in [1.54, 1.807) is 7.76 Å². The summed E-state index contributed by atoms with van der Waals surface area (Å²) in [4.78, 5) is 0. The smallest absolute Gasteiger partial charge is 0.147 e. The Kier molecular flexibility index (Phi) is 4.07. The maximum absolute atomic E-state index is 2.29. The Morgan fingerprint density at radius 2 is 1.50 bits per heavy atom. The molecule has 64 valence electrons. The fourth-order valence-electron chi connectivity index (χ4n) is 1.29. The first-order valence-electron chi connectivity index (χ1n) is 3.93. The van der Waals surface area contributed by atoms with Crippen molar-refractivity contribution in [3.63, 3.8) is 0 Å². The summed E-state index contributed by atoms with van der Waals surface area (Å²) in [7, 11) is 0. The van der Waals surface area contributed by atoms with E-state index in [0.717, 1.165) is 0 Å². The molecule has 0 aliphatic heterocycles. The van der Waals surface area contributed by atoms with E-state index in [1.807, 2.05) is 0 Å². The Hall–Kier alpha value is -0.0357.